The number of fused-ring (bicyclic) bond motifs is 1. The lowest BCUT2D eigenvalue weighted by atomic mass is 9.86. The third-order valence-electron chi connectivity index (χ3n) is 3.54. The Labute approximate surface area is 118 Å². The molecule has 4 heteroatoms. The molecule has 20 heavy (non-hydrogen) atoms. The van der Waals surface area contributed by atoms with Crippen molar-refractivity contribution >= 4 is 5.71 Å². The molecule has 0 bridgehead atoms. The van der Waals surface area contributed by atoms with Gasteiger partial charge in [-0.1, -0.05) is 42.4 Å². The first kappa shape index (κ1) is 12.8. The standard InChI is InChI=1S/C16H17N3O/c1-11-8-15-13(16(9-11)19-20-2)10-14(17-18-15)12-6-4-3-5-7-12/h3-7,10-11H,8-9H2,1-2H3. The van der Waals surface area contributed by atoms with Crippen molar-refractivity contribution in [2.45, 2.75) is 19.8 Å². The van der Waals surface area contributed by atoms with Gasteiger partial charge in [-0.05, 0) is 24.8 Å². The maximum absolute atomic E-state index is 4.97. The topological polar surface area (TPSA) is 47.4 Å². The molecule has 0 fully saturated rings. The van der Waals surface area contributed by atoms with Gasteiger partial charge in [0, 0.05) is 11.1 Å². The molecule has 1 atom stereocenters. The largest absolute Gasteiger partial charge is 0.399 e. The predicted molar refractivity (Wildman–Crippen MR) is 78.5 cm³/mol. The number of nitrogens with zero attached hydrogens (tertiary/aromatic N) is 3. The lowest BCUT2D eigenvalue weighted by molar-refractivity contribution is 0.212. The molecule has 0 radical (unpaired) electrons. The van der Waals surface area contributed by atoms with Crippen LogP contribution in [0.25, 0.3) is 11.3 Å². The zero-order valence-electron chi connectivity index (χ0n) is 11.7. The second kappa shape index (κ2) is 5.41. The summed E-state index contributed by atoms with van der Waals surface area (Å²) >= 11 is 0. The maximum atomic E-state index is 4.97. The van der Waals surface area contributed by atoms with Crippen LogP contribution in [0.1, 0.15) is 24.6 Å². The summed E-state index contributed by atoms with van der Waals surface area (Å²) < 4.78 is 0. The molecule has 1 aromatic heterocycles. The molecule has 1 unspecified atom stereocenters. The van der Waals surface area contributed by atoms with E-state index in [-0.39, 0.29) is 0 Å². The van der Waals surface area contributed by atoms with Crippen LogP contribution in [-0.4, -0.2) is 23.0 Å². The van der Waals surface area contributed by atoms with Gasteiger partial charge in [-0.15, -0.1) is 0 Å². The van der Waals surface area contributed by atoms with Crippen molar-refractivity contribution < 1.29 is 4.84 Å². The van der Waals surface area contributed by atoms with Gasteiger partial charge >= 0.3 is 0 Å². The molecule has 1 heterocycles. The zero-order chi connectivity index (χ0) is 13.9. The molecule has 1 aromatic carbocycles. The minimum atomic E-state index is 0.522. The summed E-state index contributed by atoms with van der Waals surface area (Å²) in [5.74, 6) is 0.522. The number of rotatable bonds is 2. The first-order chi connectivity index (χ1) is 9.78. The van der Waals surface area contributed by atoms with E-state index in [0.717, 1.165) is 41.1 Å². The average molecular weight is 267 g/mol. The lowest BCUT2D eigenvalue weighted by Crippen LogP contribution is -2.21. The Morgan fingerprint density at radius 1 is 1.15 bits per heavy atom. The molecule has 3 rings (SSSR count). The fraction of sp³-hybridized carbons (Fsp3) is 0.312. The molecule has 1 aliphatic carbocycles. The first-order valence-corrected chi connectivity index (χ1v) is 6.80. The highest BCUT2D eigenvalue weighted by molar-refractivity contribution is 6.02. The fourth-order valence-electron chi connectivity index (χ4n) is 2.61. The van der Waals surface area contributed by atoms with Crippen LogP contribution in [0.2, 0.25) is 0 Å². The van der Waals surface area contributed by atoms with E-state index in [2.05, 4.69) is 28.3 Å². The van der Waals surface area contributed by atoms with Crippen molar-refractivity contribution in [2.75, 3.05) is 7.11 Å². The maximum Gasteiger partial charge on any atom is 0.106 e. The molecule has 0 spiro atoms. The van der Waals surface area contributed by atoms with Crippen LogP contribution >= 0.6 is 0 Å². The summed E-state index contributed by atoms with van der Waals surface area (Å²) in [6.45, 7) is 2.20. The molecule has 0 N–H and O–H groups in total. The number of benzene rings is 1. The molecular weight excluding hydrogens is 250 g/mol. The summed E-state index contributed by atoms with van der Waals surface area (Å²) in [7, 11) is 1.58. The fourth-order valence-corrected chi connectivity index (χ4v) is 2.61. The van der Waals surface area contributed by atoms with Gasteiger partial charge in [0.05, 0.1) is 17.1 Å². The van der Waals surface area contributed by atoms with Gasteiger partial charge in [-0.25, -0.2) is 0 Å². The van der Waals surface area contributed by atoms with E-state index in [4.69, 9.17) is 4.84 Å². The number of aromatic nitrogens is 2. The average Bonchev–Trinajstić information content (AvgIpc) is 2.48. The van der Waals surface area contributed by atoms with Crippen LogP contribution in [0.5, 0.6) is 0 Å². The minimum Gasteiger partial charge on any atom is -0.399 e. The highest BCUT2D eigenvalue weighted by Crippen LogP contribution is 2.27. The molecule has 0 amide bonds. The van der Waals surface area contributed by atoms with E-state index in [1.165, 1.54) is 0 Å². The molecule has 2 aromatic rings. The Hall–Kier alpha value is -2.23. The monoisotopic (exact) mass is 267 g/mol. The van der Waals surface area contributed by atoms with Crippen molar-refractivity contribution in [3.05, 3.63) is 47.7 Å². The van der Waals surface area contributed by atoms with Gasteiger partial charge in [0.1, 0.15) is 7.11 Å². The first-order valence-electron chi connectivity index (χ1n) is 6.80. The van der Waals surface area contributed by atoms with Crippen molar-refractivity contribution in [3.8, 4) is 11.3 Å². The molecule has 1 aliphatic rings. The second-order valence-electron chi connectivity index (χ2n) is 5.19. The Balaban J connectivity index is 2.07. The normalized spacial score (nSPS) is 19.7. The quantitative estimate of drug-likeness (QED) is 0.786. The van der Waals surface area contributed by atoms with Gasteiger partial charge in [-0.3, -0.25) is 0 Å². The Bertz CT molecular complexity index is 637. The summed E-state index contributed by atoms with van der Waals surface area (Å²) in [6, 6.07) is 12.1. The lowest BCUT2D eigenvalue weighted by Gasteiger charge is -2.21. The van der Waals surface area contributed by atoms with Gasteiger partial charge in [0.2, 0.25) is 0 Å². The van der Waals surface area contributed by atoms with Crippen LogP contribution in [0.3, 0.4) is 0 Å². The predicted octanol–water partition coefficient (Wildman–Crippen LogP) is 3.08. The Morgan fingerprint density at radius 2 is 1.95 bits per heavy atom. The van der Waals surface area contributed by atoms with Gasteiger partial charge < -0.3 is 4.84 Å². The summed E-state index contributed by atoms with van der Waals surface area (Å²) in [5.41, 5.74) is 4.99. The van der Waals surface area contributed by atoms with Crippen molar-refractivity contribution in [1.29, 1.82) is 0 Å². The van der Waals surface area contributed by atoms with Crippen molar-refractivity contribution in [1.82, 2.24) is 10.2 Å². The molecule has 102 valence electrons. The van der Waals surface area contributed by atoms with Crippen LogP contribution in [-0.2, 0) is 11.3 Å². The highest BCUT2D eigenvalue weighted by Gasteiger charge is 2.23. The van der Waals surface area contributed by atoms with E-state index in [9.17, 15) is 0 Å². The SMILES string of the molecule is CON=C1CC(C)Cc2nnc(-c3ccccc3)cc21. The highest BCUT2D eigenvalue weighted by atomic mass is 16.6. The number of oxime groups is 1. The molecule has 0 saturated heterocycles. The van der Waals surface area contributed by atoms with Gasteiger partial charge in [0.15, 0.2) is 0 Å². The Morgan fingerprint density at radius 3 is 2.70 bits per heavy atom. The molecule has 4 nitrogen and oxygen atoms in total. The van der Waals surface area contributed by atoms with Crippen LogP contribution in [0.15, 0.2) is 41.6 Å². The van der Waals surface area contributed by atoms with E-state index in [1.807, 2.05) is 30.3 Å². The van der Waals surface area contributed by atoms with Crippen LogP contribution < -0.4 is 0 Å². The van der Waals surface area contributed by atoms with Crippen molar-refractivity contribution in [2.24, 2.45) is 11.1 Å². The second-order valence-corrected chi connectivity index (χ2v) is 5.19. The van der Waals surface area contributed by atoms with Gasteiger partial charge in [0.25, 0.3) is 0 Å². The Kier molecular flexibility index (Phi) is 3.46. The number of hydrogen-bond acceptors (Lipinski definition) is 4. The van der Waals surface area contributed by atoms with Crippen LogP contribution in [0.4, 0.5) is 0 Å². The molecular formula is C16H17N3O. The van der Waals surface area contributed by atoms with E-state index in [0.29, 0.717) is 5.92 Å². The minimum absolute atomic E-state index is 0.522. The van der Waals surface area contributed by atoms with Gasteiger partial charge in [-0.2, -0.15) is 10.2 Å². The van der Waals surface area contributed by atoms with Crippen LogP contribution in [0, 0.1) is 5.92 Å². The summed E-state index contributed by atoms with van der Waals surface area (Å²) in [5, 5.41) is 12.9. The zero-order valence-corrected chi connectivity index (χ0v) is 11.7. The van der Waals surface area contributed by atoms with E-state index in [1.54, 1.807) is 7.11 Å². The van der Waals surface area contributed by atoms with Crippen molar-refractivity contribution in [3.63, 3.8) is 0 Å². The summed E-state index contributed by atoms with van der Waals surface area (Å²) in [4.78, 5) is 4.97. The third-order valence-corrected chi connectivity index (χ3v) is 3.54. The molecule has 0 aliphatic heterocycles. The van der Waals surface area contributed by atoms with E-state index < -0.39 is 0 Å². The summed E-state index contributed by atoms with van der Waals surface area (Å²) in [6.07, 6.45) is 1.86. The molecule has 0 saturated carbocycles. The van der Waals surface area contributed by atoms with E-state index >= 15 is 0 Å². The smallest absolute Gasteiger partial charge is 0.106 e. The third kappa shape index (κ3) is 2.41. The number of hydrogen-bond donors (Lipinski definition) is 0.